The number of carbonyl (C=O) groups excluding carboxylic acids is 1. The number of halogens is 1. The number of nitrogens with zero attached hydrogens (tertiary/aromatic N) is 3. The van der Waals surface area contributed by atoms with Crippen molar-refractivity contribution in [2.75, 3.05) is 39.3 Å². The molecule has 0 aliphatic carbocycles. The average Bonchev–Trinajstić information content (AvgIpc) is 2.69. The maximum absolute atomic E-state index is 13.5. The molecule has 0 saturated carbocycles. The molecule has 1 fully saturated rings. The van der Waals surface area contributed by atoms with Crippen LogP contribution in [0.25, 0.3) is 0 Å². The van der Waals surface area contributed by atoms with Crippen LogP contribution in [-0.4, -0.2) is 60.0 Å². The standard InChI is InChI=1S/C23H30FN3O2/c1-4-27(5-2)23(28)16-26-9-10-29-22(15-26)21-14-19(11-17(3)25-21)12-18-7-6-8-20(24)13-18/h6-8,11,13-14,22H,4-5,9-10,12,15-16H2,1-3H3/t22-/m0/s1. The van der Waals surface area contributed by atoms with Gasteiger partial charge < -0.3 is 9.64 Å². The summed E-state index contributed by atoms with van der Waals surface area (Å²) >= 11 is 0. The highest BCUT2D eigenvalue weighted by Gasteiger charge is 2.26. The maximum atomic E-state index is 13.5. The second-order valence-corrected chi connectivity index (χ2v) is 7.51. The number of likely N-dealkylation sites (N-methyl/N-ethyl adjacent to an activating group) is 1. The molecule has 3 rings (SSSR count). The van der Waals surface area contributed by atoms with E-state index in [1.54, 1.807) is 12.1 Å². The Morgan fingerprint density at radius 2 is 2.03 bits per heavy atom. The Morgan fingerprint density at radius 1 is 1.24 bits per heavy atom. The first kappa shape index (κ1) is 21.4. The van der Waals surface area contributed by atoms with E-state index in [9.17, 15) is 9.18 Å². The third kappa shape index (κ3) is 5.84. The number of carbonyl (C=O) groups is 1. The third-order valence-corrected chi connectivity index (χ3v) is 5.29. The van der Waals surface area contributed by atoms with E-state index in [0.717, 1.165) is 42.1 Å². The van der Waals surface area contributed by atoms with Crippen molar-refractivity contribution >= 4 is 5.91 Å². The van der Waals surface area contributed by atoms with Gasteiger partial charge in [-0.3, -0.25) is 14.7 Å². The molecule has 1 atom stereocenters. The molecule has 0 unspecified atom stereocenters. The number of ether oxygens (including phenoxy) is 1. The Labute approximate surface area is 172 Å². The lowest BCUT2D eigenvalue weighted by atomic mass is 10.0. The fourth-order valence-corrected chi connectivity index (χ4v) is 3.81. The van der Waals surface area contributed by atoms with Crippen LogP contribution in [0.2, 0.25) is 0 Å². The molecule has 1 aliphatic rings. The van der Waals surface area contributed by atoms with Gasteiger partial charge in [-0.1, -0.05) is 12.1 Å². The molecule has 0 radical (unpaired) electrons. The molecule has 1 aromatic heterocycles. The lowest BCUT2D eigenvalue weighted by Crippen LogP contribution is -2.45. The van der Waals surface area contributed by atoms with Crippen LogP contribution in [0.4, 0.5) is 4.39 Å². The van der Waals surface area contributed by atoms with E-state index in [0.29, 0.717) is 26.1 Å². The Balaban J connectivity index is 1.71. The molecular weight excluding hydrogens is 369 g/mol. The number of aromatic nitrogens is 1. The summed E-state index contributed by atoms with van der Waals surface area (Å²) in [6, 6.07) is 10.7. The summed E-state index contributed by atoms with van der Waals surface area (Å²) in [5.74, 6) is -0.0720. The quantitative estimate of drug-likeness (QED) is 0.716. The summed E-state index contributed by atoms with van der Waals surface area (Å²) < 4.78 is 19.5. The zero-order chi connectivity index (χ0) is 20.8. The third-order valence-electron chi connectivity index (χ3n) is 5.29. The SMILES string of the molecule is CCN(CC)C(=O)CN1CCO[C@H](c2cc(Cc3cccc(F)c3)cc(C)n2)C1. The van der Waals surface area contributed by atoms with Gasteiger partial charge in [-0.15, -0.1) is 0 Å². The molecule has 29 heavy (non-hydrogen) atoms. The zero-order valence-electron chi connectivity index (χ0n) is 17.5. The smallest absolute Gasteiger partial charge is 0.236 e. The molecule has 156 valence electrons. The van der Waals surface area contributed by atoms with Gasteiger partial charge in [0, 0.05) is 31.9 Å². The van der Waals surface area contributed by atoms with Crippen molar-refractivity contribution < 1.29 is 13.9 Å². The van der Waals surface area contributed by atoms with Crippen molar-refractivity contribution in [3.8, 4) is 0 Å². The van der Waals surface area contributed by atoms with Gasteiger partial charge in [0.1, 0.15) is 11.9 Å². The number of benzene rings is 1. The molecule has 1 aliphatic heterocycles. The largest absolute Gasteiger partial charge is 0.369 e. The Morgan fingerprint density at radius 3 is 2.76 bits per heavy atom. The summed E-state index contributed by atoms with van der Waals surface area (Å²) in [5, 5.41) is 0. The first-order valence-electron chi connectivity index (χ1n) is 10.3. The topological polar surface area (TPSA) is 45.7 Å². The minimum atomic E-state index is -0.224. The van der Waals surface area contributed by atoms with Crippen molar-refractivity contribution in [2.24, 2.45) is 0 Å². The molecule has 2 heterocycles. The van der Waals surface area contributed by atoms with Crippen LogP contribution in [0.3, 0.4) is 0 Å². The Kier molecular flexibility index (Phi) is 7.34. The van der Waals surface area contributed by atoms with E-state index < -0.39 is 0 Å². The first-order valence-corrected chi connectivity index (χ1v) is 10.3. The van der Waals surface area contributed by atoms with Gasteiger partial charge in [-0.05, 0) is 62.6 Å². The highest BCUT2D eigenvalue weighted by molar-refractivity contribution is 5.78. The molecule has 0 N–H and O–H groups in total. The molecule has 1 aromatic carbocycles. The monoisotopic (exact) mass is 399 g/mol. The van der Waals surface area contributed by atoms with Gasteiger partial charge >= 0.3 is 0 Å². The second-order valence-electron chi connectivity index (χ2n) is 7.51. The predicted octanol–water partition coefficient (Wildman–Crippen LogP) is 3.36. The van der Waals surface area contributed by atoms with E-state index >= 15 is 0 Å². The van der Waals surface area contributed by atoms with E-state index in [2.05, 4.69) is 9.88 Å². The van der Waals surface area contributed by atoms with Crippen LogP contribution in [-0.2, 0) is 16.0 Å². The van der Waals surface area contributed by atoms with Gasteiger partial charge in [0.05, 0.1) is 18.8 Å². The average molecular weight is 400 g/mol. The van der Waals surface area contributed by atoms with E-state index in [1.165, 1.54) is 6.07 Å². The van der Waals surface area contributed by atoms with Gasteiger partial charge in [-0.25, -0.2) is 4.39 Å². The van der Waals surface area contributed by atoms with Crippen molar-refractivity contribution in [3.05, 3.63) is 64.7 Å². The van der Waals surface area contributed by atoms with E-state index in [1.807, 2.05) is 43.9 Å². The molecule has 0 bridgehead atoms. The minimum absolute atomic E-state index is 0.152. The van der Waals surface area contributed by atoms with Crippen LogP contribution in [0.1, 0.15) is 42.5 Å². The highest BCUT2D eigenvalue weighted by Crippen LogP contribution is 2.23. The Hall–Kier alpha value is -2.31. The second kappa shape index (κ2) is 9.94. The van der Waals surface area contributed by atoms with Gasteiger partial charge in [0.2, 0.25) is 5.91 Å². The number of aryl methyl sites for hydroxylation is 1. The fourth-order valence-electron chi connectivity index (χ4n) is 3.81. The summed E-state index contributed by atoms with van der Waals surface area (Å²) in [6.07, 6.45) is 0.477. The highest BCUT2D eigenvalue weighted by atomic mass is 19.1. The summed E-state index contributed by atoms with van der Waals surface area (Å²) in [5.41, 5.74) is 3.79. The molecule has 5 nitrogen and oxygen atoms in total. The van der Waals surface area contributed by atoms with E-state index in [4.69, 9.17) is 4.74 Å². The van der Waals surface area contributed by atoms with Crippen LogP contribution >= 0.6 is 0 Å². The van der Waals surface area contributed by atoms with Crippen molar-refractivity contribution in [3.63, 3.8) is 0 Å². The van der Waals surface area contributed by atoms with Gasteiger partial charge in [0.15, 0.2) is 0 Å². The van der Waals surface area contributed by atoms with Crippen LogP contribution < -0.4 is 0 Å². The number of amides is 1. The van der Waals surface area contributed by atoms with Crippen molar-refractivity contribution in [2.45, 2.75) is 33.3 Å². The fraction of sp³-hybridized carbons (Fsp3) is 0.478. The lowest BCUT2D eigenvalue weighted by Gasteiger charge is -2.33. The Bertz CT molecular complexity index is 839. The predicted molar refractivity (Wildman–Crippen MR) is 111 cm³/mol. The number of rotatable bonds is 7. The molecule has 1 saturated heterocycles. The summed E-state index contributed by atoms with van der Waals surface area (Å²) in [6.45, 7) is 9.78. The summed E-state index contributed by atoms with van der Waals surface area (Å²) in [7, 11) is 0. The zero-order valence-corrected chi connectivity index (χ0v) is 17.5. The molecule has 1 amide bonds. The summed E-state index contributed by atoms with van der Waals surface area (Å²) in [4.78, 5) is 21.1. The first-order chi connectivity index (χ1) is 14.0. The van der Waals surface area contributed by atoms with Crippen molar-refractivity contribution in [1.29, 1.82) is 0 Å². The molecular formula is C23H30FN3O2. The molecule has 2 aromatic rings. The lowest BCUT2D eigenvalue weighted by molar-refractivity contribution is -0.134. The molecule has 6 heteroatoms. The normalized spacial score (nSPS) is 17.3. The maximum Gasteiger partial charge on any atom is 0.236 e. The van der Waals surface area contributed by atoms with E-state index in [-0.39, 0.29) is 17.8 Å². The van der Waals surface area contributed by atoms with Crippen LogP contribution in [0, 0.1) is 12.7 Å². The number of pyridine rings is 1. The van der Waals surface area contributed by atoms with Gasteiger partial charge in [0.25, 0.3) is 0 Å². The van der Waals surface area contributed by atoms with Crippen molar-refractivity contribution in [1.82, 2.24) is 14.8 Å². The van der Waals surface area contributed by atoms with Crippen LogP contribution in [0.15, 0.2) is 36.4 Å². The number of hydrogen-bond acceptors (Lipinski definition) is 4. The number of hydrogen-bond donors (Lipinski definition) is 0. The van der Waals surface area contributed by atoms with Gasteiger partial charge in [-0.2, -0.15) is 0 Å². The van der Waals surface area contributed by atoms with Crippen LogP contribution in [0.5, 0.6) is 0 Å². The number of morpholine rings is 1. The molecule has 0 spiro atoms. The minimum Gasteiger partial charge on any atom is -0.369 e.